The fourth-order valence-corrected chi connectivity index (χ4v) is 7.13. The fourth-order valence-electron chi connectivity index (χ4n) is 5.31. The van der Waals surface area contributed by atoms with Gasteiger partial charge >= 0.3 is 0 Å². The predicted octanol–water partition coefficient (Wildman–Crippen LogP) is 6.57. The van der Waals surface area contributed by atoms with Crippen LogP contribution in [0.15, 0.2) is 113 Å². The van der Waals surface area contributed by atoms with Crippen molar-refractivity contribution in [2.24, 2.45) is 0 Å². The van der Waals surface area contributed by atoms with Crippen molar-refractivity contribution in [2.75, 3.05) is 37.4 Å². The van der Waals surface area contributed by atoms with E-state index in [2.05, 4.69) is 5.32 Å². The lowest BCUT2D eigenvalue weighted by atomic mass is 10.0. The summed E-state index contributed by atoms with van der Waals surface area (Å²) in [5, 5.41) is 3.01. The van der Waals surface area contributed by atoms with E-state index in [1.54, 1.807) is 61.7 Å². The molecular weight excluding hydrogens is 659 g/mol. The molecule has 2 amide bonds. The Kier molecular flexibility index (Phi) is 14.0. The summed E-state index contributed by atoms with van der Waals surface area (Å²) in [5.41, 5.74) is 1.89. The maximum absolute atomic E-state index is 14.7. The number of carbonyl (C=O) groups is 2. The quantitative estimate of drug-likeness (QED) is 0.0924. The number of hydrogen-bond donors (Lipinski definition) is 1. The standard InChI is InChI=1S/C38H45N3O6S2/c1-5-7-24-39-38(43)36(26-29-12-9-8-10-13-29)40(27-30-14-11-15-33(25-30)46-3)37(42)28-41(31-16-18-32(19-17-31)47-6-2)49(44,45)35-22-20-34(48-4)21-23-35/h8-23,25,36H,5-7,24,26-28H2,1-4H3,(H,39,43)/t36-/m0/s1. The number of nitrogens with one attached hydrogen (secondary N) is 1. The van der Waals surface area contributed by atoms with Crippen molar-refractivity contribution in [2.45, 2.75) is 55.5 Å². The maximum Gasteiger partial charge on any atom is 0.264 e. The van der Waals surface area contributed by atoms with E-state index in [-0.39, 0.29) is 23.8 Å². The predicted molar refractivity (Wildman–Crippen MR) is 196 cm³/mol. The monoisotopic (exact) mass is 703 g/mol. The number of nitrogens with zero attached hydrogens (tertiary/aromatic N) is 2. The Hall–Kier alpha value is -4.48. The molecule has 0 fully saturated rings. The molecule has 0 saturated carbocycles. The van der Waals surface area contributed by atoms with Gasteiger partial charge < -0.3 is 19.7 Å². The molecule has 1 N–H and O–H groups in total. The van der Waals surface area contributed by atoms with E-state index in [4.69, 9.17) is 9.47 Å². The average molecular weight is 704 g/mol. The normalized spacial score (nSPS) is 11.8. The highest BCUT2D eigenvalue weighted by atomic mass is 32.2. The molecule has 4 aromatic carbocycles. The molecule has 0 radical (unpaired) electrons. The Morgan fingerprint density at radius 2 is 1.55 bits per heavy atom. The zero-order valence-electron chi connectivity index (χ0n) is 28.5. The minimum Gasteiger partial charge on any atom is -0.497 e. The molecule has 1 atom stereocenters. The lowest BCUT2D eigenvalue weighted by Crippen LogP contribution is -2.53. The molecule has 0 bridgehead atoms. The number of unbranched alkanes of at least 4 members (excludes halogenated alkanes) is 1. The summed E-state index contributed by atoms with van der Waals surface area (Å²) in [6.45, 7) is 4.32. The molecule has 0 aliphatic heterocycles. The third-order valence-corrected chi connectivity index (χ3v) is 10.5. The van der Waals surface area contributed by atoms with E-state index in [9.17, 15) is 18.0 Å². The summed E-state index contributed by atoms with van der Waals surface area (Å²) in [7, 11) is -2.66. The Bertz CT molecular complexity index is 1750. The number of amides is 2. The first kappa shape index (κ1) is 37.3. The van der Waals surface area contributed by atoms with Crippen LogP contribution in [0.3, 0.4) is 0 Å². The number of hydrogen-bond acceptors (Lipinski definition) is 7. The second-order valence-electron chi connectivity index (χ2n) is 11.3. The van der Waals surface area contributed by atoms with Crippen LogP contribution in [0.25, 0.3) is 0 Å². The van der Waals surface area contributed by atoms with Crippen LogP contribution < -0.4 is 19.1 Å². The van der Waals surface area contributed by atoms with Crippen molar-refractivity contribution in [1.82, 2.24) is 10.2 Å². The van der Waals surface area contributed by atoms with Gasteiger partial charge in [0.25, 0.3) is 10.0 Å². The number of anilines is 1. The van der Waals surface area contributed by atoms with Crippen molar-refractivity contribution in [3.05, 3.63) is 114 Å². The highest BCUT2D eigenvalue weighted by Crippen LogP contribution is 2.28. The molecule has 0 unspecified atom stereocenters. The zero-order valence-corrected chi connectivity index (χ0v) is 30.1. The number of carbonyl (C=O) groups excluding carboxylic acids is 2. The van der Waals surface area contributed by atoms with Crippen LogP contribution in [0.5, 0.6) is 11.5 Å². The van der Waals surface area contributed by atoms with Crippen molar-refractivity contribution in [3.63, 3.8) is 0 Å². The molecule has 0 aromatic heterocycles. The van der Waals surface area contributed by atoms with Crippen molar-refractivity contribution >= 4 is 39.3 Å². The lowest BCUT2D eigenvalue weighted by Gasteiger charge is -2.34. The van der Waals surface area contributed by atoms with Gasteiger partial charge in [0.2, 0.25) is 11.8 Å². The molecule has 260 valence electrons. The smallest absolute Gasteiger partial charge is 0.264 e. The largest absolute Gasteiger partial charge is 0.497 e. The maximum atomic E-state index is 14.7. The molecule has 4 aromatic rings. The van der Waals surface area contributed by atoms with Crippen LogP contribution in [-0.4, -0.2) is 64.2 Å². The van der Waals surface area contributed by atoms with Gasteiger partial charge in [-0.25, -0.2) is 8.42 Å². The molecule has 0 aliphatic carbocycles. The highest BCUT2D eigenvalue weighted by molar-refractivity contribution is 7.98. The van der Waals surface area contributed by atoms with Crippen LogP contribution in [0.4, 0.5) is 5.69 Å². The lowest BCUT2D eigenvalue weighted by molar-refractivity contribution is -0.140. The second kappa shape index (κ2) is 18.3. The Balaban J connectivity index is 1.80. The van der Waals surface area contributed by atoms with E-state index in [1.165, 1.54) is 16.7 Å². The van der Waals surface area contributed by atoms with Crippen molar-refractivity contribution in [3.8, 4) is 11.5 Å². The van der Waals surface area contributed by atoms with Crippen LogP contribution in [0, 0.1) is 0 Å². The molecule has 4 rings (SSSR count). The van der Waals surface area contributed by atoms with Gasteiger partial charge in [0.1, 0.15) is 24.1 Å². The minimum atomic E-state index is -4.22. The first-order valence-corrected chi connectivity index (χ1v) is 19.0. The highest BCUT2D eigenvalue weighted by Gasteiger charge is 2.34. The van der Waals surface area contributed by atoms with E-state index >= 15 is 0 Å². The molecular formula is C38H45N3O6S2. The first-order chi connectivity index (χ1) is 23.7. The summed E-state index contributed by atoms with van der Waals surface area (Å²) in [5.74, 6) is 0.332. The average Bonchev–Trinajstić information content (AvgIpc) is 3.13. The summed E-state index contributed by atoms with van der Waals surface area (Å²) >= 11 is 1.50. The molecule has 0 aliphatic rings. The number of thioether (sulfide) groups is 1. The molecule has 9 nitrogen and oxygen atoms in total. The zero-order chi connectivity index (χ0) is 35.2. The van der Waals surface area contributed by atoms with E-state index in [0.717, 1.165) is 33.2 Å². The van der Waals surface area contributed by atoms with Gasteiger partial charge in [-0.1, -0.05) is 55.8 Å². The van der Waals surface area contributed by atoms with Crippen LogP contribution in [-0.2, 0) is 32.6 Å². The van der Waals surface area contributed by atoms with Gasteiger partial charge in [-0.2, -0.15) is 0 Å². The van der Waals surface area contributed by atoms with E-state index < -0.39 is 28.5 Å². The number of rotatable bonds is 18. The second-order valence-corrected chi connectivity index (χ2v) is 14.1. The number of benzene rings is 4. The van der Waals surface area contributed by atoms with Crippen LogP contribution in [0.2, 0.25) is 0 Å². The van der Waals surface area contributed by atoms with Crippen LogP contribution in [0.1, 0.15) is 37.8 Å². The van der Waals surface area contributed by atoms with Gasteiger partial charge in [0.05, 0.1) is 24.3 Å². The molecule has 0 saturated heterocycles. The van der Waals surface area contributed by atoms with E-state index in [0.29, 0.717) is 30.3 Å². The fraction of sp³-hybridized carbons (Fsp3) is 0.316. The topological polar surface area (TPSA) is 105 Å². The Morgan fingerprint density at radius 1 is 0.857 bits per heavy atom. The molecule has 11 heteroatoms. The summed E-state index contributed by atoms with van der Waals surface area (Å²) in [6, 6.07) is 29.0. The third kappa shape index (κ3) is 10.3. The number of sulfonamides is 1. The SMILES string of the molecule is CCCCNC(=O)[C@H](Cc1ccccc1)N(Cc1cccc(OC)c1)C(=O)CN(c1ccc(OCC)cc1)S(=O)(=O)c1ccc(SC)cc1. The van der Waals surface area contributed by atoms with E-state index in [1.807, 2.05) is 68.6 Å². The minimum absolute atomic E-state index is 0.0458. The van der Waals surface area contributed by atoms with Crippen LogP contribution >= 0.6 is 11.8 Å². The van der Waals surface area contributed by atoms with Gasteiger partial charge in [-0.15, -0.1) is 11.8 Å². The Labute approximate surface area is 294 Å². The summed E-state index contributed by atoms with van der Waals surface area (Å²) in [6.07, 6.45) is 3.83. The molecule has 0 heterocycles. The molecule has 0 spiro atoms. The molecule has 49 heavy (non-hydrogen) atoms. The third-order valence-electron chi connectivity index (χ3n) is 7.95. The van der Waals surface area contributed by atoms with Gasteiger partial charge in [0, 0.05) is 24.4 Å². The van der Waals surface area contributed by atoms with Gasteiger partial charge in [0.15, 0.2) is 0 Å². The Morgan fingerprint density at radius 3 is 2.18 bits per heavy atom. The van der Waals surface area contributed by atoms with Gasteiger partial charge in [-0.05, 0) is 91.4 Å². The number of methoxy groups -OCH3 is 1. The first-order valence-electron chi connectivity index (χ1n) is 16.3. The summed E-state index contributed by atoms with van der Waals surface area (Å²) < 4.78 is 40.8. The van der Waals surface area contributed by atoms with Gasteiger partial charge in [-0.3, -0.25) is 13.9 Å². The van der Waals surface area contributed by atoms with Crippen molar-refractivity contribution in [1.29, 1.82) is 0 Å². The van der Waals surface area contributed by atoms with Crippen molar-refractivity contribution < 1.29 is 27.5 Å². The number of ether oxygens (including phenoxy) is 2. The summed E-state index contributed by atoms with van der Waals surface area (Å²) in [4.78, 5) is 31.1.